The van der Waals surface area contributed by atoms with Crippen molar-refractivity contribution in [3.63, 3.8) is 0 Å². The number of ether oxygens (including phenoxy) is 4. The van der Waals surface area contributed by atoms with Crippen LogP contribution < -0.4 is 0 Å². The first-order valence-corrected chi connectivity index (χ1v) is 14.5. The molecule has 0 unspecified atom stereocenters. The Kier molecular flexibility index (Phi) is 12.2. The van der Waals surface area contributed by atoms with Crippen LogP contribution in [0.3, 0.4) is 0 Å². The first-order valence-electron chi connectivity index (χ1n) is 14.5. The number of aliphatic hydroxyl groups excluding tert-OH is 2. The molecule has 0 aromatic rings. The van der Waals surface area contributed by atoms with Gasteiger partial charge in [0.15, 0.2) is 17.9 Å². The Labute approximate surface area is 244 Å². The van der Waals surface area contributed by atoms with Gasteiger partial charge in [-0.25, -0.2) is 0 Å². The summed E-state index contributed by atoms with van der Waals surface area (Å²) in [6.07, 6.45) is -2.47. The lowest BCUT2D eigenvalue weighted by molar-refractivity contribution is -0.295. The number of nitrogens with zero attached hydrogens (tertiary/aromatic N) is 1. The summed E-state index contributed by atoms with van der Waals surface area (Å²) in [5.41, 5.74) is -3.08. The van der Waals surface area contributed by atoms with E-state index in [1.54, 1.807) is 27.7 Å². The molecule has 2 aliphatic heterocycles. The van der Waals surface area contributed by atoms with Gasteiger partial charge in [-0.1, -0.05) is 20.8 Å². The van der Waals surface area contributed by atoms with E-state index in [9.17, 15) is 29.7 Å². The third-order valence-electron chi connectivity index (χ3n) is 8.70. The Balaban J connectivity index is 2.65. The van der Waals surface area contributed by atoms with Crippen molar-refractivity contribution in [2.45, 2.75) is 116 Å². The number of likely N-dealkylation sites (N-methyl/N-ethyl adjacent to an activating group) is 1. The van der Waals surface area contributed by atoms with E-state index in [0.29, 0.717) is 6.42 Å². The van der Waals surface area contributed by atoms with Crippen LogP contribution in [-0.4, -0.2) is 114 Å². The fourth-order valence-corrected chi connectivity index (χ4v) is 6.08. The molecule has 0 spiro atoms. The van der Waals surface area contributed by atoms with Crippen molar-refractivity contribution in [3.05, 3.63) is 11.6 Å². The molecular weight excluding hydrogens is 534 g/mol. The number of hydrogen-bond donors (Lipinski definition) is 3. The third-order valence-corrected chi connectivity index (χ3v) is 8.70. The van der Waals surface area contributed by atoms with Crippen LogP contribution in [0.15, 0.2) is 11.6 Å². The normalized spacial score (nSPS) is 42.0. The van der Waals surface area contributed by atoms with Crippen molar-refractivity contribution in [3.8, 4) is 0 Å². The van der Waals surface area contributed by atoms with E-state index in [-0.39, 0.29) is 30.6 Å². The van der Waals surface area contributed by atoms with Gasteiger partial charge in [-0.3, -0.25) is 14.4 Å². The molecule has 1 saturated heterocycles. The summed E-state index contributed by atoms with van der Waals surface area (Å²) < 4.78 is 24.0. The number of hydrogen-bond acceptors (Lipinski definition) is 11. The fourth-order valence-electron chi connectivity index (χ4n) is 6.08. The molecule has 2 heterocycles. The zero-order valence-corrected chi connectivity index (χ0v) is 26.2. The van der Waals surface area contributed by atoms with Gasteiger partial charge in [0.2, 0.25) is 0 Å². The number of rotatable bonds is 6. The minimum atomic E-state index is -1.78. The average Bonchev–Trinajstić information content (AvgIpc) is 2.91. The second-order valence-electron chi connectivity index (χ2n) is 12.4. The highest BCUT2D eigenvalue weighted by Crippen LogP contribution is 2.37. The van der Waals surface area contributed by atoms with Gasteiger partial charge in [-0.05, 0) is 67.1 Å². The second-order valence-corrected chi connectivity index (χ2v) is 12.4. The number of Topliss-reactive ketones (excluding diaryl/α,β-unsaturated/α-hetero) is 2. The Morgan fingerprint density at radius 1 is 1.12 bits per heavy atom. The Morgan fingerprint density at radius 2 is 1.73 bits per heavy atom. The van der Waals surface area contributed by atoms with Crippen LogP contribution in [0.2, 0.25) is 0 Å². The van der Waals surface area contributed by atoms with Gasteiger partial charge in [-0.2, -0.15) is 0 Å². The molecule has 3 N–H and O–H groups in total. The minimum Gasteiger partial charge on any atom is -0.458 e. The molecule has 0 aliphatic carbocycles. The van der Waals surface area contributed by atoms with Gasteiger partial charge in [0, 0.05) is 30.6 Å². The first-order chi connectivity index (χ1) is 18.9. The lowest BCUT2D eigenvalue weighted by atomic mass is 9.77. The summed E-state index contributed by atoms with van der Waals surface area (Å²) >= 11 is 0. The predicted octanol–water partition coefficient (Wildman–Crippen LogP) is 1.64. The molecule has 2 rings (SSSR count). The Hall–Kier alpha value is -1.73. The Bertz CT molecular complexity index is 965. The van der Waals surface area contributed by atoms with E-state index in [0.717, 1.165) is 0 Å². The maximum Gasteiger partial charge on any atom is 0.316 e. The first kappa shape index (κ1) is 35.5. The van der Waals surface area contributed by atoms with Crippen LogP contribution >= 0.6 is 0 Å². The molecular formula is C30H51NO10. The van der Waals surface area contributed by atoms with Gasteiger partial charge in [-0.15, -0.1) is 0 Å². The maximum atomic E-state index is 13.8. The standard InChI is InChI=1S/C30H51NO10/c1-11-22-29(6,37)14-20(15-32)23(33)16(2)13-30(7,38-10)26(18(4)24(34)19(5)27(36)40-22)41-28-25(35)21(31(8)9)12-17(3)39-28/h14,16-19,21-22,25-26,28,32,35,37H,11-13,15H2,1-10H3/t16-,17-,18+,19-,21+,22-,25-,26-,28+,29+,30+/m1/s1. The van der Waals surface area contributed by atoms with Crippen molar-refractivity contribution in [1.82, 2.24) is 4.90 Å². The van der Waals surface area contributed by atoms with Crippen LogP contribution in [0.25, 0.3) is 0 Å². The van der Waals surface area contributed by atoms with E-state index in [1.807, 2.05) is 25.9 Å². The topological polar surface area (TPSA) is 152 Å². The van der Waals surface area contributed by atoms with Crippen LogP contribution in [0, 0.1) is 17.8 Å². The van der Waals surface area contributed by atoms with Gasteiger partial charge in [0.25, 0.3) is 0 Å². The van der Waals surface area contributed by atoms with Crippen molar-refractivity contribution in [2.24, 2.45) is 17.8 Å². The summed E-state index contributed by atoms with van der Waals surface area (Å²) in [7, 11) is 5.14. The number of esters is 1. The lowest BCUT2D eigenvalue weighted by Gasteiger charge is -2.46. The molecule has 0 aromatic heterocycles. The SMILES string of the molecule is CC[C@H]1OC(=O)[C@H](C)C(=O)[C@H](C)[C@@H](O[C@@H]2O[C@H](C)C[C@H](N(C)C)[C@H]2O)[C@@](C)(OC)C[C@@H](C)C(=O)C(CO)=C[C@]1(C)O. The molecule has 11 nitrogen and oxygen atoms in total. The summed E-state index contributed by atoms with van der Waals surface area (Å²) in [6.45, 7) is 10.8. The van der Waals surface area contributed by atoms with Crippen molar-refractivity contribution < 1.29 is 48.7 Å². The van der Waals surface area contributed by atoms with Gasteiger partial charge < -0.3 is 39.2 Å². The molecule has 11 atom stereocenters. The maximum absolute atomic E-state index is 13.8. The van der Waals surface area contributed by atoms with E-state index >= 15 is 0 Å². The van der Waals surface area contributed by atoms with Gasteiger partial charge in [0.1, 0.15) is 23.7 Å². The number of carbonyl (C=O) groups is 3. The summed E-state index contributed by atoms with van der Waals surface area (Å²) in [5.74, 6) is -4.64. The number of aliphatic hydroxyl groups is 3. The zero-order chi connectivity index (χ0) is 31.4. The van der Waals surface area contributed by atoms with Crippen LogP contribution in [0.4, 0.5) is 0 Å². The molecule has 0 amide bonds. The molecule has 2 aliphatic rings. The molecule has 0 saturated carbocycles. The second kappa shape index (κ2) is 14.2. The van der Waals surface area contributed by atoms with Crippen molar-refractivity contribution >= 4 is 17.5 Å². The van der Waals surface area contributed by atoms with E-state index in [4.69, 9.17) is 18.9 Å². The highest BCUT2D eigenvalue weighted by atomic mass is 16.7. The smallest absolute Gasteiger partial charge is 0.316 e. The number of ketones is 2. The van der Waals surface area contributed by atoms with Crippen LogP contribution in [-0.2, 0) is 33.3 Å². The summed E-state index contributed by atoms with van der Waals surface area (Å²) in [4.78, 5) is 42.4. The molecule has 0 radical (unpaired) electrons. The monoisotopic (exact) mass is 585 g/mol. The minimum absolute atomic E-state index is 0.0316. The third kappa shape index (κ3) is 8.01. The molecule has 0 aromatic carbocycles. The molecule has 0 bridgehead atoms. The molecule has 1 fully saturated rings. The van der Waals surface area contributed by atoms with Crippen LogP contribution in [0.5, 0.6) is 0 Å². The zero-order valence-electron chi connectivity index (χ0n) is 26.2. The number of cyclic esters (lactones) is 1. The highest BCUT2D eigenvalue weighted by Gasteiger charge is 2.49. The Morgan fingerprint density at radius 3 is 2.24 bits per heavy atom. The summed E-state index contributed by atoms with van der Waals surface area (Å²) in [6, 6.07) is -0.271. The predicted molar refractivity (Wildman–Crippen MR) is 151 cm³/mol. The summed E-state index contributed by atoms with van der Waals surface area (Å²) in [5, 5.41) is 32.4. The van der Waals surface area contributed by atoms with Crippen molar-refractivity contribution in [2.75, 3.05) is 27.8 Å². The van der Waals surface area contributed by atoms with Crippen LogP contribution in [0.1, 0.15) is 67.7 Å². The average molecular weight is 586 g/mol. The lowest BCUT2D eigenvalue weighted by Crippen LogP contribution is -2.59. The molecule has 236 valence electrons. The van der Waals surface area contributed by atoms with E-state index < -0.39 is 77.7 Å². The molecule has 41 heavy (non-hydrogen) atoms. The largest absolute Gasteiger partial charge is 0.458 e. The number of methoxy groups -OCH3 is 1. The number of carbonyl (C=O) groups excluding carboxylic acids is 3. The van der Waals surface area contributed by atoms with Gasteiger partial charge >= 0.3 is 5.97 Å². The fraction of sp³-hybridized carbons (Fsp3) is 0.833. The molecule has 11 heteroatoms. The van der Waals surface area contributed by atoms with Crippen molar-refractivity contribution in [1.29, 1.82) is 0 Å². The van der Waals surface area contributed by atoms with E-state index in [1.165, 1.54) is 27.0 Å². The van der Waals surface area contributed by atoms with E-state index in [2.05, 4.69) is 0 Å². The highest BCUT2D eigenvalue weighted by molar-refractivity contribution is 6.00. The van der Waals surface area contributed by atoms with Gasteiger partial charge in [0.05, 0.1) is 24.4 Å². The quantitative estimate of drug-likeness (QED) is 0.308.